The summed E-state index contributed by atoms with van der Waals surface area (Å²) < 4.78 is 13.1. The van der Waals surface area contributed by atoms with Crippen molar-refractivity contribution in [1.29, 1.82) is 0 Å². The first-order chi connectivity index (χ1) is 45.9. The summed E-state index contributed by atoms with van der Waals surface area (Å²) in [6.07, 6.45) is 9.29. The van der Waals surface area contributed by atoms with E-state index in [2.05, 4.69) is 275 Å². The van der Waals surface area contributed by atoms with Crippen molar-refractivity contribution >= 4 is 127 Å². The Labute approximate surface area is 589 Å². The second kappa shape index (κ2) is 24.5. The van der Waals surface area contributed by atoms with Crippen molar-refractivity contribution in [2.24, 2.45) is 9.98 Å². The number of aromatic amines is 1. The van der Waals surface area contributed by atoms with Crippen molar-refractivity contribution in [2.75, 3.05) is 0 Å². The van der Waals surface area contributed by atoms with E-state index >= 15 is 0 Å². The summed E-state index contributed by atoms with van der Waals surface area (Å²) in [5.74, 6) is 0. The summed E-state index contributed by atoms with van der Waals surface area (Å²) in [5, 5.41) is 2.26. The van der Waals surface area contributed by atoms with Gasteiger partial charge in [-0.3, -0.25) is 0 Å². The van der Waals surface area contributed by atoms with E-state index in [1.165, 1.54) is 213 Å². The third-order valence-corrected chi connectivity index (χ3v) is 28.1. The number of hydrogen-bond donors (Lipinski definition) is 1. The summed E-state index contributed by atoms with van der Waals surface area (Å²) in [4.78, 5) is 16.2. The molecular formula is C88H79N3S3Se2. The van der Waals surface area contributed by atoms with Gasteiger partial charge in [0.15, 0.2) is 0 Å². The monoisotopic (exact) mass is 1430 g/mol. The van der Waals surface area contributed by atoms with Crippen LogP contribution in [0.2, 0.25) is 0 Å². The number of H-pyrrole nitrogens is 1. The van der Waals surface area contributed by atoms with Crippen molar-refractivity contribution in [2.45, 2.75) is 125 Å². The van der Waals surface area contributed by atoms with E-state index in [1.54, 1.807) is 0 Å². The SMILES string of the molecule is Cc1cc(C)c(C2=C3C=CC(=N3)C(c3c(C)cc(C)cc3C)=c3cc4sc5cc(sc5c4s3)=C(c3c(C)cc(C)cc3C)C3=NC(=C(c4c(C)cc(C)cc4C)c4ccc([se]4)C(c4c(C)cc(C)cc4C)=c4ccc([nH]4)=C(c4c(C)cc(C)cc4C)c4ccc2[se]4)C=C3)c(C)c1. The number of allylic oxidation sites excluding steroid dienone is 4. The van der Waals surface area contributed by atoms with E-state index < -0.39 is 0 Å². The Morgan fingerprint density at radius 2 is 0.521 bits per heavy atom. The summed E-state index contributed by atoms with van der Waals surface area (Å²) in [6.45, 7) is 41.0. The maximum atomic E-state index is 5.95. The Kier molecular flexibility index (Phi) is 16.4. The molecule has 0 spiro atoms. The zero-order valence-corrected chi connectivity index (χ0v) is 64.2. The van der Waals surface area contributed by atoms with Crippen molar-refractivity contribution in [3.05, 3.63) is 328 Å². The maximum absolute atomic E-state index is 5.95. The number of aliphatic imine (C=N–C) groups is 2. The van der Waals surface area contributed by atoms with E-state index in [-0.39, 0.29) is 29.0 Å². The number of thiophene rings is 3. The Bertz CT molecular complexity index is 5410. The van der Waals surface area contributed by atoms with E-state index in [4.69, 9.17) is 9.98 Å². The van der Waals surface area contributed by atoms with Gasteiger partial charge in [0.05, 0.1) is 0 Å². The number of nitrogens with one attached hydrogen (secondary N) is 1. The van der Waals surface area contributed by atoms with Crippen LogP contribution in [0.3, 0.4) is 0 Å². The Morgan fingerprint density at radius 1 is 0.271 bits per heavy atom. The van der Waals surface area contributed by atoms with E-state index in [0.717, 1.165) is 33.5 Å². The van der Waals surface area contributed by atoms with E-state index in [1.807, 2.05) is 34.0 Å². The molecule has 9 heterocycles. The minimum atomic E-state index is -0.125. The number of benzene rings is 6. The zero-order valence-electron chi connectivity index (χ0n) is 58.3. The van der Waals surface area contributed by atoms with Crippen LogP contribution in [0.1, 0.15) is 151 Å². The summed E-state index contributed by atoms with van der Waals surface area (Å²) in [7, 11) is 0. The predicted molar refractivity (Wildman–Crippen MR) is 418 cm³/mol. The van der Waals surface area contributed by atoms with Gasteiger partial charge in [0.25, 0.3) is 0 Å². The fourth-order valence-corrected chi connectivity index (χ4v) is 25.4. The molecule has 0 atom stereocenters. The molecule has 0 saturated heterocycles. The molecule has 3 aliphatic rings. The normalized spacial score (nSPS) is 14.2. The quantitative estimate of drug-likeness (QED) is 0.161. The van der Waals surface area contributed by atoms with Gasteiger partial charge in [0.1, 0.15) is 0 Å². The van der Waals surface area contributed by atoms with Gasteiger partial charge in [-0.25, -0.2) is 0 Å². The van der Waals surface area contributed by atoms with Gasteiger partial charge >= 0.3 is 594 Å². The van der Waals surface area contributed by atoms with Gasteiger partial charge in [-0.15, -0.1) is 0 Å². The summed E-state index contributed by atoms with van der Waals surface area (Å²) >= 11 is 5.53. The number of aryl methyl sites for hydroxylation is 18. The number of rotatable bonds is 6. The predicted octanol–water partition coefficient (Wildman–Crippen LogP) is 19.3. The average molecular weight is 1430 g/mol. The van der Waals surface area contributed by atoms with Gasteiger partial charge in [-0.2, -0.15) is 0 Å². The molecule has 3 aliphatic heterocycles. The summed E-state index contributed by atoms with van der Waals surface area (Å²) in [6, 6.07) is 47.9. The summed E-state index contributed by atoms with van der Waals surface area (Å²) in [5.41, 5.74) is 41.9. The number of fused-ring (bicyclic) bond motifs is 10. The Balaban J connectivity index is 1.11. The molecule has 6 aromatic carbocycles. The Hall–Kier alpha value is -8.00. The number of nitrogens with zero attached hydrogens (tertiary/aromatic N) is 2. The van der Waals surface area contributed by atoms with Crippen molar-refractivity contribution in [3.8, 4) is 0 Å². The van der Waals surface area contributed by atoms with Crippen LogP contribution in [0.25, 0.3) is 52.2 Å². The van der Waals surface area contributed by atoms with Crippen LogP contribution >= 0.6 is 34.0 Å². The van der Waals surface area contributed by atoms with E-state index in [0.29, 0.717) is 0 Å². The van der Waals surface area contributed by atoms with Crippen molar-refractivity contribution in [1.82, 2.24) is 4.98 Å². The molecule has 0 aliphatic carbocycles. The molecule has 476 valence electrons. The molecule has 1 N–H and O–H groups in total. The molecule has 6 aromatic heterocycles. The first-order valence-corrected chi connectivity index (χ1v) is 39.2. The second-order valence-corrected chi connectivity index (χ2v) is 35.4. The molecule has 0 amide bonds. The molecule has 14 bridgehead atoms. The third kappa shape index (κ3) is 11.1. The first-order valence-electron chi connectivity index (χ1n) is 33.3. The molecule has 8 heteroatoms. The molecule has 0 fully saturated rings. The topological polar surface area (TPSA) is 40.5 Å². The third-order valence-electron chi connectivity index (χ3n) is 19.6. The standard InChI is InChI=1S/C88H79N3S3Se2/c1-43-29-49(7)75(50(8)30-43)81-61-19-21-63(89-61)83(77-53(11)33-45(3)34-54(77)12)71-25-27-73(95-71)85(79-57(15)37-47(5)38-58(79)16)65-23-24-66(91-65)86(80-59(17)39-48(6)40-60(80)18)74-28-26-72(96-74)84(78-55(13)35-46(4)36-56(78)14)64-22-20-62(90-64)82(76-51(9)31-44(2)32-52(76)10)68-42-70-88(94-68)87-69(92-70)41-67(81)93-87/h19-42,91H,1-18H3. The van der Waals surface area contributed by atoms with Gasteiger partial charge in [0, 0.05) is 0 Å². The fourth-order valence-electron chi connectivity index (χ4n) is 16.5. The molecule has 0 radical (unpaired) electrons. The van der Waals surface area contributed by atoms with Crippen LogP contribution in [0.15, 0.2) is 167 Å². The van der Waals surface area contributed by atoms with Crippen LogP contribution < -0.4 is 19.8 Å². The number of hydrogen-bond acceptors (Lipinski definition) is 5. The minimum absolute atomic E-state index is 0.125. The molecule has 0 unspecified atom stereocenters. The Morgan fingerprint density at radius 3 is 0.802 bits per heavy atom. The van der Waals surface area contributed by atoms with Crippen LogP contribution in [0, 0.1) is 125 Å². The van der Waals surface area contributed by atoms with Crippen molar-refractivity contribution < 1.29 is 0 Å². The van der Waals surface area contributed by atoms with Gasteiger partial charge in [-0.1, -0.05) is 0 Å². The molecule has 96 heavy (non-hydrogen) atoms. The molecule has 12 aromatic rings. The molecule has 0 saturated carbocycles. The van der Waals surface area contributed by atoms with Gasteiger partial charge in [0.2, 0.25) is 0 Å². The van der Waals surface area contributed by atoms with Crippen LogP contribution in [-0.4, -0.2) is 45.4 Å². The van der Waals surface area contributed by atoms with Gasteiger partial charge in [-0.05, 0) is 0 Å². The molecule has 15 rings (SSSR count). The molecular weight excluding hydrogens is 1350 g/mol. The van der Waals surface area contributed by atoms with E-state index in [9.17, 15) is 0 Å². The van der Waals surface area contributed by atoms with Gasteiger partial charge < -0.3 is 0 Å². The average Bonchev–Trinajstić information content (AvgIpc) is 1.58. The fraction of sp³-hybridized carbons (Fsp3) is 0.205. The number of aromatic nitrogens is 1. The first kappa shape index (κ1) is 64.0. The van der Waals surface area contributed by atoms with Crippen LogP contribution in [0.5, 0.6) is 0 Å². The molecule has 3 nitrogen and oxygen atoms in total. The van der Waals surface area contributed by atoms with Crippen LogP contribution in [-0.2, 0) is 0 Å². The second-order valence-electron chi connectivity index (χ2n) is 27.6. The zero-order chi connectivity index (χ0) is 67.2. The van der Waals surface area contributed by atoms with Crippen LogP contribution in [0.4, 0.5) is 0 Å². The van der Waals surface area contributed by atoms with Crippen molar-refractivity contribution in [3.63, 3.8) is 0 Å².